The van der Waals surface area contributed by atoms with E-state index >= 15 is 0 Å². The lowest BCUT2D eigenvalue weighted by molar-refractivity contribution is -0.122. The minimum atomic E-state index is -0.594. The summed E-state index contributed by atoms with van der Waals surface area (Å²) in [6.07, 6.45) is 1.37. The quantitative estimate of drug-likeness (QED) is 0.489. The number of nitrogens with zero attached hydrogens (tertiary/aromatic N) is 1. The number of rotatable bonds is 2. The van der Waals surface area contributed by atoms with Gasteiger partial charge in [0.2, 0.25) is 0 Å². The molecule has 5 nitrogen and oxygen atoms in total. The summed E-state index contributed by atoms with van der Waals surface area (Å²) in [7, 11) is 0. The first-order valence-electron chi connectivity index (χ1n) is 6.79. The van der Waals surface area contributed by atoms with Gasteiger partial charge in [0.15, 0.2) is 5.11 Å². The summed E-state index contributed by atoms with van der Waals surface area (Å²) in [4.78, 5) is 26.1. The maximum Gasteiger partial charge on any atom is 0.270 e. The summed E-state index contributed by atoms with van der Waals surface area (Å²) >= 11 is 17.1. The number of carbonyl (C=O) groups is 2. The van der Waals surface area contributed by atoms with Gasteiger partial charge in [-0.3, -0.25) is 19.8 Å². The molecule has 1 aliphatic heterocycles. The Hall–Kier alpha value is -2.15. The summed E-state index contributed by atoms with van der Waals surface area (Å²) in [5.74, 6) is -0.123. The number of amides is 2. The summed E-state index contributed by atoms with van der Waals surface area (Å²) < 4.78 is 5.39. The molecular formula is C16H10Cl2N2O3S. The van der Waals surface area contributed by atoms with Crippen LogP contribution in [0.1, 0.15) is 11.5 Å². The minimum absolute atomic E-state index is 0.0453. The van der Waals surface area contributed by atoms with Crippen LogP contribution in [0.2, 0.25) is 10.0 Å². The lowest BCUT2D eigenvalue weighted by atomic mass is 10.1. The Morgan fingerprint density at radius 2 is 1.83 bits per heavy atom. The molecule has 1 fully saturated rings. The molecule has 0 bridgehead atoms. The Morgan fingerprint density at radius 3 is 2.42 bits per heavy atom. The molecule has 0 unspecified atom stereocenters. The number of furan rings is 1. The molecule has 24 heavy (non-hydrogen) atoms. The molecule has 8 heteroatoms. The van der Waals surface area contributed by atoms with Gasteiger partial charge >= 0.3 is 0 Å². The van der Waals surface area contributed by atoms with Gasteiger partial charge in [-0.2, -0.15) is 0 Å². The van der Waals surface area contributed by atoms with Crippen LogP contribution in [0.15, 0.2) is 40.3 Å². The molecular weight excluding hydrogens is 371 g/mol. The van der Waals surface area contributed by atoms with E-state index in [2.05, 4.69) is 5.32 Å². The number of anilines is 1. The molecule has 1 saturated heterocycles. The van der Waals surface area contributed by atoms with Crippen LogP contribution in [0.25, 0.3) is 6.08 Å². The van der Waals surface area contributed by atoms with Crippen LogP contribution in [0.5, 0.6) is 0 Å². The second-order valence-electron chi connectivity index (χ2n) is 5.03. The lowest BCUT2D eigenvalue weighted by Crippen LogP contribution is -2.54. The Balaban J connectivity index is 2.04. The van der Waals surface area contributed by atoms with E-state index in [0.717, 1.165) is 4.90 Å². The van der Waals surface area contributed by atoms with E-state index < -0.39 is 11.8 Å². The van der Waals surface area contributed by atoms with E-state index in [1.807, 2.05) is 0 Å². The van der Waals surface area contributed by atoms with Crippen LogP contribution >= 0.6 is 35.4 Å². The predicted octanol–water partition coefficient (Wildman–Crippen LogP) is 3.73. The average Bonchev–Trinajstić information content (AvgIpc) is 2.87. The van der Waals surface area contributed by atoms with Crippen LogP contribution in [0, 0.1) is 6.92 Å². The SMILES string of the molecule is Cc1ccc(/C=C2\C(=O)NC(=S)N(c3cc(Cl)cc(Cl)c3)C2=O)o1. The van der Waals surface area contributed by atoms with Crippen molar-refractivity contribution < 1.29 is 14.0 Å². The fraction of sp³-hybridized carbons (Fsp3) is 0.0625. The molecule has 2 amide bonds. The van der Waals surface area contributed by atoms with Crippen molar-refractivity contribution in [3.05, 3.63) is 57.5 Å². The van der Waals surface area contributed by atoms with Gasteiger partial charge in [0.1, 0.15) is 17.1 Å². The fourth-order valence-corrected chi connectivity index (χ4v) is 3.03. The smallest absolute Gasteiger partial charge is 0.270 e. The zero-order chi connectivity index (χ0) is 17.4. The van der Waals surface area contributed by atoms with Gasteiger partial charge in [-0.1, -0.05) is 23.2 Å². The van der Waals surface area contributed by atoms with Crippen molar-refractivity contribution in [2.45, 2.75) is 6.92 Å². The van der Waals surface area contributed by atoms with Crippen molar-refractivity contribution in [1.29, 1.82) is 0 Å². The third-order valence-electron chi connectivity index (χ3n) is 3.25. The Bertz CT molecular complexity index is 884. The number of benzene rings is 1. The molecule has 1 N–H and O–H groups in total. The third-order valence-corrected chi connectivity index (χ3v) is 3.98. The summed E-state index contributed by atoms with van der Waals surface area (Å²) in [6.45, 7) is 1.76. The largest absolute Gasteiger partial charge is 0.462 e. The molecule has 0 radical (unpaired) electrons. The molecule has 2 aromatic rings. The lowest BCUT2D eigenvalue weighted by Gasteiger charge is -2.29. The highest BCUT2D eigenvalue weighted by atomic mass is 35.5. The first-order valence-corrected chi connectivity index (χ1v) is 7.95. The van der Waals surface area contributed by atoms with E-state index in [9.17, 15) is 9.59 Å². The topological polar surface area (TPSA) is 62.6 Å². The van der Waals surface area contributed by atoms with Crippen molar-refractivity contribution in [1.82, 2.24) is 5.32 Å². The monoisotopic (exact) mass is 380 g/mol. The maximum absolute atomic E-state index is 12.8. The molecule has 122 valence electrons. The van der Waals surface area contributed by atoms with E-state index in [1.165, 1.54) is 24.3 Å². The molecule has 1 aromatic heterocycles. The number of hydrogen-bond donors (Lipinski definition) is 1. The van der Waals surface area contributed by atoms with Crippen molar-refractivity contribution in [2.75, 3.05) is 4.90 Å². The van der Waals surface area contributed by atoms with Gasteiger partial charge in [0.05, 0.1) is 5.69 Å². The Kier molecular flexibility index (Phi) is 4.45. The molecule has 0 saturated carbocycles. The van der Waals surface area contributed by atoms with Gasteiger partial charge in [-0.25, -0.2) is 0 Å². The van der Waals surface area contributed by atoms with Gasteiger partial charge in [0, 0.05) is 10.0 Å². The van der Waals surface area contributed by atoms with Crippen LogP contribution in [-0.2, 0) is 9.59 Å². The van der Waals surface area contributed by atoms with Crippen molar-refractivity contribution in [2.24, 2.45) is 0 Å². The first-order chi connectivity index (χ1) is 11.3. The second kappa shape index (κ2) is 6.39. The van der Waals surface area contributed by atoms with Crippen molar-refractivity contribution in [3.8, 4) is 0 Å². The first kappa shape index (κ1) is 16.7. The van der Waals surface area contributed by atoms with Gasteiger partial charge < -0.3 is 4.42 Å². The summed E-state index contributed by atoms with van der Waals surface area (Å²) in [5.41, 5.74) is 0.262. The van der Waals surface area contributed by atoms with Gasteiger partial charge in [-0.15, -0.1) is 0 Å². The van der Waals surface area contributed by atoms with Crippen molar-refractivity contribution >= 4 is 64.1 Å². The minimum Gasteiger partial charge on any atom is -0.462 e. The molecule has 1 aromatic carbocycles. The number of thiocarbonyl (C=S) groups is 1. The third kappa shape index (κ3) is 3.21. The number of halogens is 2. The average molecular weight is 381 g/mol. The van der Waals surface area contributed by atoms with Crippen LogP contribution in [-0.4, -0.2) is 16.9 Å². The molecule has 1 aliphatic rings. The molecule has 0 spiro atoms. The van der Waals surface area contributed by atoms with E-state index in [1.54, 1.807) is 19.1 Å². The van der Waals surface area contributed by atoms with Crippen molar-refractivity contribution in [3.63, 3.8) is 0 Å². The fourth-order valence-electron chi connectivity index (χ4n) is 2.23. The molecule has 2 heterocycles. The van der Waals surface area contributed by atoms with Gasteiger partial charge in [-0.05, 0) is 55.5 Å². The summed E-state index contributed by atoms with van der Waals surface area (Å²) in [5, 5.41) is 3.12. The highest BCUT2D eigenvalue weighted by molar-refractivity contribution is 7.80. The van der Waals surface area contributed by atoms with E-state index in [-0.39, 0.29) is 10.7 Å². The molecule has 0 atom stereocenters. The van der Waals surface area contributed by atoms with E-state index in [4.69, 9.17) is 39.8 Å². The standard InChI is InChI=1S/C16H10Cl2N2O3S/c1-8-2-3-12(23-8)7-13-14(21)19-16(24)20(15(13)22)11-5-9(17)4-10(18)6-11/h2-7H,1H3,(H,19,21,24)/b13-7+. The number of nitrogens with one attached hydrogen (secondary N) is 1. The zero-order valence-electron chi connectivity index (χ0n) is 12.3. The van der Waals surface area contributed by atoms with Crippen LogP contribution in [0.3, 0.4) is 0 Å². The Morgan fingerprint density at radius 1 is 1.17 bits per heavy atom. The zero-order valence-corrected chi connectivity index (χ0v) is 14.6. The molecule has 3 rings (SSSR count). The second-order valence-corrected chi connectivity index (χ2v) is 6.29. The maximum atomic E-state index is 12.8. The van der Waals surface area contributed by atoms with Crippen LogP contribution in [0.4, 0.5) is 5.69 Å². The number of hydrogen-bond acceptors (Lipinski definition) is 4. The number of aryl methyl sites for hydroxylation is 1. The highest BCUT2D eigenvalue weighted by Crippen LogP contribution is 2.28. The summed E-state index contributed by atoms with van der Waals surface area (Å²) in [6, 6.07) is 7.99. The highest BCUT2D eigenvalue weighted by Gasteiger charge is 2.35. The molecule has 0 aliphatic carbocycles. The van der Waals surface area contributed by atoms with E-state index in [0.29, 0.717) is 27.3 Å². The van der Waals surface area contributed by atoms with Gasteiger partial charge in [0.25, 0.3) is 11.8 Å². The normalized spacial score (nSPS) is 16.7. The van der Waals surface area contributed by atoms with Crippen LogP contribution < -0.4 is 10.2 Å². The predicted molar refractivity (Wildman–Crippen MR) is 96.1 cm³/mol. The number of carbonyl (C=O) groups excluding carboxylic acids is 2. The Labute approximate surface area is 152 Å².